The van der Waals surface area contributed by atoms with Crippen molar-refractivity contribution in [1.29, 1.82) is 0 Å². The van der Waals surface area contributed by atoms with Crippen molar-refractivity contribution in [3.8, 4) is 0 Å². The number of aliphatic hydroxyl groups excluding tert-OH is 11. The molecule has 0 saturated carbocycles. The molecule has 17 unspecified atom stereocenters. The Morgan fingerprint density at radius 3 is 1.07 bits per heavy atom. The van der Waals surface area contributed by atoms with E-state index >= 15 is 0 Å². The molecule has 0 aromatic heterocycles. The summed E-state index contributed by atoms with van der Waals surface area (Å²) in [5.41, 5.74) is 0. The summed E-state index contributed by atoms with van der Waals surface area (Å²) in [5.74, 6) is -0.272. The Hall–Kier alpha value is -2.25. The highest BCUT2D eigenvalue weighted by atomic mass is 16.8. The number of nitrogens with one attached hydrogen (secondary N) is 1. The monoisotopic (exact) mass is 1370 g/mol. The third-order valence-electron chi connectivity index (χ3n) is 19.4. The summed E-state index contributed by atoms with van der Waals surface area (Å²) in [6.07, 6.45) is 45.2. The van der Waals surface area contributed by atoms with Gasteiger partial charge in [-0.15, -0.1) is 0 Å². The first-order valence-corrected chi connectivity index (χ1v) is 38.9. The predicted molar refractivity (Wildman–Crippen MR) is 379 cm³/mol. The standard InChI is InChI=1S/C77H141NO18/c1-3-5-7-9-11-13-15-17-19-21-23-25-26-27-28-29-30-31-32-33-34-35-37-39-41-43-45-47-49-51-53-55-65(83)78-60(61(82)54-52-50-48-46-44-42-40-38-36-24-22-20-18-16-14-12-10-8-6-4-2)59-91-75-71(89)68(86)73(63(57-80)93-75)96-77-72(90)69(87)74(64(58-81)94-77)95-76-70(88)67(85)66(84)62(56-79)92-76/h15,17,21,23,26-27,52,54,60-64,66-77,79-82,84-90H,3-14,16,18-20,22,24-25,28-51,53,55-59H2,1-2H3,(H,78,83)/b17-15-,23-21-,27-26-,54-52+. The topological polar surface area (TPSA) is 307 Å². The quantitative estimate of drug-likeness (QED) is 0.0199. The molecule has 3 rings (SSSR count). The van der Waals surface area contributed by atoms with Crippen LogP contribution in [0, 0.1) is 0 Å². The lowest BCUT2D eigenvalue weighted by molar-refractivity contribution is -0.379. The van der Waals surface area contributed by atoms with Crippen LogP contribution in [-0.2, 0) is 33.2 Å². The van der Waals surface area contributed by atoms with E-state index in [1.807, 2.05) is 6.08 Å². The molecule has 19 nitrogen and oxygen atoms in total. The van der Waals surface area contributed by atoms with Gasteiger partial charge in [-0.2, -0.15) is 0 Å². The minimum absolute atomic E-state index is 0.244. The summed E-state index contributed by atoms with van der Waals surface area (Å²) in [5, 5.41) is 121. The zero-order valence-corrected chi connectivity index (χ0v) is 59.9. The molecule has 3 aliphatic rings. The number of hydrogen-bond acceptors (Lipinski definition) is 18. The van der Waals surface area contributed by atoms with Crippen LogP contribution in [0.15, 0.2) is 48.6 Å². The smallest absolute Gasteiger partial charge is 0.220 e. The highest BCUT2D eigenvalue weighted by molar-refractivity contribution is 5.76. The van der Waals surface area contributed by atoms with Crippen molar-refractivity contribution >= 4 is 5.91 Å². The summed E-state index contributed by atoms with van der Waals surface area (Å²) >= 11 is 0. The van der Waals surface area contributed by atoms with Crippen molar-refractivity contribution in [3.05, 3.63) is 48.6 Å². The fraction of sp³-hybridized carbons (Fsp3) is 0.883. The molecule has 0 aromatic rings. The number of carbonyl (C=O) groups is 1. The molecule has 3 heterocycles. The number of hydrogen-bond donors (Lipinski definition) is 12. The summed E-state index contributed by atoms with van der Waals surface area (Å²) in [7, 11) is 0. The van der Waals surface area contributed by atoms with Gasteiger partial charge in [0.2, 0.25) is 5.91 Å². The minimum Gasteiger partial charge on any atom is -0.394 e. The molecule has 0 aliphatic carbocycles. The van der Waals surface area contributed by atoms with E-state index in [9.17, 15) is 61.0 Å². The van der Waals surface area contributed by atoms with Crippen molar-refractivity contribution in [2.75, 3.05) is 26.4 Å². The Bertz CT molecular complexity index is 1930. The molecule has 562 valence electrons. The minimum atomic E-state index is -1.98. The van der Waals surface area contributed by atoms with Gasteiger partial charge in [0.15, 0.2) is 18.9 Å². The van der Waals surface area contributed by atoms with E-state index in [2.05, 4.69) is 55.6 Å². The van der Waals surface area contributed by atoms with Gasteiger partial charge in [0, 0.05) is 6.42 Å². The molecule has 0 aromatic carbocycles. The maximum Gasteiger partial charge on any atom is 0.220 e. The first kappa shape index (κ1) is 88.0. The van der Waals surface area contributed by atoms with E-state index in [1.165, 1.54) is 218 Å². The number of aliphatic hydroxyl groups is 11. The molecular weight excluding hydrogens is 1230 g/mol. The van der Waals surface area contributed by atoms with E-state index in [4.69, 9.17) is 28.4 Å². The van der Waals surface area contributed by atoms with E-state index in [1.54, 1.807) is 6.08 Å². The van der Waals surface area contributed by atoms with Gasteiger partial charge in [-0.1, -0.05) is 287 Å². The molecular formula is C77H141NO18. The Labute approximate surface area is 580 Å². The van der Waals surface area contributed by atoms with Crippen LogP contribution in [0.2, 0.25) is 0 Å². The van der Waals surface area contributed by atoms with Crippen LogP contribution >= 0.6 is 0 Å². The Balaban J connectivity index is 1.38. The van der Waals surface area contributed by atoms with Gasteiger partial charge in [-0.3, -0.25) is 4.79 Å². The van der Waals surface area contributed by atoms with Crippen LogP contribution in [0.4, 0.5) is 0 Å². The number of unbranched alkanes of at least 4 members (excludes halogenated alkanes) is 39. The van der Waals surface area contributed by atoms with E-state index < -0.39 is 124 Å². The third-order valence-corrected chi connectivity index (χ3v) is 19.4. The van der Waals surface area contributed by atoms with Crippen LogP contribution in [0.1, 0.15) is 303 Å². The summed E-state index contributed by atoms with van der Waals surface area (Å²) < 4.78 is 34.4. The molecule has 1 amide bonds. The lowest BCUT2D eigenvalue weighted by Crippen LogP contribution is -2.66. The third kappa shape index (κ3) is 38.7. The summed E-state index contributed by atoms with van der Waals surface area (Å²) in [4.78, 5) is 13.5. The van der Waals surface area contributed by atoms with Crippen LogP contribution in [0.3, 0.4) is 0 Å². The molecule has 3 aliphatic heterocycles. The van der Waals surface area contributed by atoms with Gasteiger partial charge in [0.05, 0.1) is 38.6 Å². The molecule has 0 bridgehead atoms. The zero-order valence-electron chi connectivity index (χ0n) is 59.9. The van der Waals surface area contributed by atoms with E-state index in [0.717, 1.165) is 57.8 Å². The molecule has 12 N–H and O–H groups in total. The fourth-order valence-electron chi connectivity index (χ4n) is 13.1. The molecule has 3 saturated heterocycles. The van der Waals surface area contributed by atoms with Gasteiger partial charge < -0.3 is 89.9 Å². The second-order valence-electron chi connectivity index (χ2n) is 27.8. The maximum atomic E-state index is 13.5. The molecule has 0 radical (unpaired) electrons. The first-order chi connectivity index (χ1) is 46.8. The van der Waals surface area contributed by atoms with Crippen molar-refractivity contribution in [1.82, 2.24) is 5.32 Å². The lowest BCUT2D eigenvalue weighted by Gasteiger charge is -2.48. The number of ether oxygens (including phenoxy) is 6. The van der Waals surface area contributed by atoms with E-state index in [-0.39, 0.29) is 18.9 Å². The normalized spacial score (nSPS) is 27.3. The Morgan fingerprint density at radius 1 is 0.375 bits per heavy atom. The number of amides is 1. The molecule has 3 fully saturated rings. The maximum absolute atomic E-state index is 13.5. The second kappa shape index (κ2) is 58.3. The first-order valence-electron chi connectivity index (χ1n) is 38.9. The van der Waals surface area contributed by atoms with Crippen LogP contribution in [0.25, 0.3) is 0 Å². The van der Waals surface area contributed by atoms with Gasteiger partial charge >= 0.3 is 0 Å². The number of rotatable bonds is 61. The van der Waals surface area contributed by atoms with Gasteiger partial charge in [-0.25, -0.2) is 0 Å². The van der Waals surface area contributed by atoms with Crippen LogP contribution in [0.5, 0.6) is 0 Å². The van der Waals surface area contributed by atoms with Crippen molar-refractivity contribution in [2.24, 2.45) is 0 Å². The van der Waals surface area contributed by atoms with Gasteiger partial charge in [0.25, 0.3) is 0 Å². The molecule has 0 spiro atoms. The van der Waals surface area contributed by atoms with Crippen LogP contribution < -0.4 is 5.32 Å². The highest BCUT2D eigenvalue weighted by Gasteiger charge is 2.53. The van der Waals surface area contributed by atoms with E-state index in [0.29, 0.717) is 6.42 Å². The SMILES string of the molecule is CCCCCCC/C=C\C/C=C\C/C=C\CCCCCCCCCCCCCCCCCCC(=O)NC(COC1OC(CO)C(OC2OC(CO)C(OC3OC(CO)C(O)C(O)C3O)C(O)C2O)C(O)C1O)C(O)/C=C/CCCCCCCCCCCCCCCCCCCC. The van der Waals surface area contributed by atoms with Crippen molar-refractivity contribution < 1.29 is 89.4 Å². The number of carbonyl (C=O) groups excluding carboxylic acids is 1. The molecule has 96 heavy (non-hydrogen) atoms. The fourth-order valence-corrected chi connectivity index (χ4v) is 13.1. The highest BCUT2D eigenvalue weighted by Crippen LogP contribution is 2.33. The summed E-state index contributed by atoms with van der Waals surface area (Å²) in [6.45, 7) is 1.76. The molecule has 19 heteroatoms. The summed E-state index contributed by atoms with van der Waals surface area (Å²) in [6, 6.07) is -0.974. The average Bonchev–Trinajstić information content (AvgIpc) is 0.786. The average molecular weight is 1370 g/mol. The van der Waals surface area contributed by atoms with Crippen molar-refractivity contribution in [2.45, 2.75) is 407 Å². The largest absolute Gasteiger partial charge is 0.394 e. The molecule has 17 atom stereocenters. The van der Waals surface area contributed by atoms with Gasteiger partial charge in [-0.05, 0) is 57.8 Å². The lowest BCUT2D eigenvalue weighted by atomic mass is 9.96. The Morgan fingerprint density at radius 2 is 0.688 bits per heavy atom. The number of allylic oxidation sites excluding steroid dienone is 7. The Kier molecular flexibility index (Phi) is 53.4. The zero-order chi connectivity index (χ0) is 69.6. The van der Waals surface area contributed by atoms with Gasteiger partial charge in [0.1, 0.15) is 73.2 Å². The second-order valence-corrected chi connectivity index (χ2v) is 27.8. The van der Waals surface area contributed by atoms with Crippen LogP contribution in [-0.4, -0.2) is 193 Å². The van der Waals surface area contributed by atoms with Crippen molar-refractivity contribution in [3.63, 3.8) is 0 Å². The predicted octanol–water partition coefficient (Wildman–Crippen LogP) is 12.1.